The van der Waals surface area contributed by atoms with Crippen molar-refractivity contribution in [3.05, 3.63) is 102 Å². The molecule has 1 unspecified atom stereocenters. The molecule has 5 rings (SSSR count). The first-order valence-corrected chi connectivity index (χ1v) is 14.2. The van der Waals surface area contributed by atoms with Gasteiger partial charge >= 0.3 is 0 Å². The van der Waals surface area contributed by atoms with E-state index in [4.69, 9.17) is 0 Å². The number of piperazine rings is 1. The Morgan fingerprint density at radius 2 is 1.68 bits per heavy atom. The van der Waals surface area contributed by atoms with Crippen molar-refractivity contribution >= 4 is 32.5 Å². The van der Waals surface area contributed by atoms with Crippen LogP contribution in [0.4, 0.5) is 18.9 Å². The van der Waals surface area contributed by atoms with Crippen LogP contribution >= 0.6 is 0 Å². The summed E-state index contributed by atoms with van der Waals surface area (Å²) in [6, 6.07) is 15.2. The second-order valence-corrected chi connectivity index (χ2v) is 11.4. The highest BCUT2D eigenvalue weighted by Gasteiger charge is 2.33. The maximum absolute atomic E-state index is 14.3. The van der Waals surface area contributed by atoms with Crippen molar-refractivity contribution in [3.8, 4) is 0 Å². The Morgan fingerprint density at radius 1 is 0.975 bits per heavy atom. The summed E-state index contributed by atoms with van der Waals surface area (Å²) in [6.45, 7) is 4.41. The minimum absolute atomic E-state index is 0.0460. The molecular formula is C29H27F3N4O3S. The van der Waals surface area contributed by atoms with E-state index in [2.05, 4.69) is 9.71 Å². The van der Waals surface area contributed by atoms with E-state index in [1.807, 2.05) is 11.8 Å². The van der Waals surface area contributed by atoms with E-state index >= 15 is 0 Å². The fourth-order valence-electron chi connectivity index (χ4n) is 5.10. The van der Waals surface area contributed by atoms with Crippen LogP contribution in [0.1, 0.15) is 35.8 Å². The maximum Gasteiger partial charge on any atom is 0.264 e. The predicted molar refractivity (Wildman–Crippen MR) is 146 cm³/mol. The summed E-state index contributed by atoms with van der Waals surface area (Å²) >= 11 is 0. The maximum atomic E-state index is 14.3. The van der Waals surface area contributed by atoms with Gasteiger partial charge in [0.2, 0.25) is 0 Å². The number of amides is 1. The number of aromatic nitrogens is 1. The van der Waals surface area contributed by atoms with E-state index in [1.165, 1.54) is 24.4 Å². The van der Waals surface area contributed by atoms with Crippen molar-refractivity contribution in [2.45, 2.75) is 30.8 Å². The molecule has 0 radical (unpaired) electrons. The lowest BCUT2D eigenvalue weighted by Gasteiger charge is -2.42. The number of pyridine rings is 1. The lowest BCUT2D eigenvalue weighted by molar-refractivity contribution is 0.0396. The van der Waals surface area contributed by atoms with Gasteiger partial charge in [-0.05, 0) is 62.4 Å². The predicted octanol–water partition coefficient (Wildman–Crippen LogP) is 5.36. The van der Waals surface area contributed by atoms with E-state index in [0.29, 0.717) is 36.1 Å². The Kier molecular flexibility index (Phi) is 7.52. The first kappa shape index (κ1) is 27.6. The quantitative estimate of drug-likeness (QED) is 0.317. The molecule has 1 aliphatic heterocycles. The molecule has 1 fully saturated rings. The second kappa shape index (κ2) is 10.9. The summed E-state index contributed by atoms with van der Waals surface area (Å²) in [5.74, 6) is -3.38. The average Bonchev–Trinajstić information content (AvgIpc) is 2.94. The van der Waals surface area contributed by atoms with E-state index in [-0.39, 0.29) is 28.1 Å². The van der Waals surface area contributed by atoms with Crippen LogP contribution in [0, 0.1) is 17.5 Å². The zero-order chi connectivity index (χ0) is 28.6. The molecule has 2 atom stereocenters. The molecule has 1 aromatic heterocycles. The highest BCUT2D eigenvalue weighted by Crippen LogP contribution is 2.30. The van der Waals surface area contributed by atoms with Crippen LogP contribution in [0.25, 0.3) is 10.9 Å². The number of hydrogen-bond donors (Lipinski definition) is 1. The Hall–Kier alpha value is -3.96. The van der Waals surface area contributed by atoms with E-state index in [0.717, 1.165) is 12.1 Å². The summed E-state index contributed by atoms with van der Waals surface area (Å²) in [5.41, 5.74) is 0.680. The zero-order valence-corrected chi connectivity index (χ0v) is 22.6. The molecule has 0 bridgehead atoms. The number of hydrogen-bond acceptors (Lipinski definition) is 5. The number of halogens is 3. The third-order valence-corrected chi connectivity index (χ3v) is 8.65. The van der Waals surface area contributed by atoms with E-state index < -0.39 is 33.5 Å². The number of rotatable bonds is 6. The first-order valence-electron chi connectivity index (χ1n) is 12.7. The topological polar surface area (TPSA) is 82.6 Å². The van der Waals surface area contributed by atoms with Crippen LogP contribution in [0.15, 0.2) is 77.8 Å². The average molecular weight is 569 g/mol. The molecule has 11 heteroatoms. The van der Waals surface area contributed by atoms with Gasteiger partial charge in [-0.3, -0.25) is 19.4 Å². The lowest BCUT2D eigenvalue weighted by atomic mass is 10.0. The van der Waals surface area contributed by atoms with E-state index in [9.17, 15) is 26.4 Å². The van der Waals surface area contributed by atoms with Gasteiger partial charge in [0.25, 0.3) is 15.9 Å². The van der Waals surface area contributed by atoms with Crippen LogP contribution in [0.3, 0.4) is 0 Å². The Bertz CT molecular complexity index is 1680. The van der Waals surface area contributed by atoms with Crippen molar-refractivity contribution in [2.75, 3.05) is 24.4 Å². The molecule has 1 saturated heterocycles. The minimum atomic E-state index is -3.94. The van der Waals surface area contributed by atoms with Gasteiger partial charge in [0.15, 0.2) is 11.6 Å². The number of para-hydroxylation sites is 1. The standard InChI is InChI=1S/C29H27F3N4O3S/c1-18-17-35(19(2)26-23(30)12-13-24(31)27(26)32)15-16-36(18)29(37)21-8-10-22(11-9-21)34-40(38,39)25-7-3-5-20-6-4-14-33-28(20)25/h3-14,18-19,34H,15-17H2,1-2H3/t18-,19?/m1/s1. The Morgan fingerprint density at radius 3 is 2.40 bits per heavy atom. The van der Waals surface area contributed by atoms with Gasteiger partial charge in [0.05, 0.1) is 5.52 Å². The fraction of sp³-hybridized carbons (Fsp3) is 0.241. The summed E-state index contributed by atoms with van der Waals surface area (Å²) in [5, 5.41) is 0.695. The molecule has 0 saturated carbocycles. The summed E-state index contributed by atoms with van der Waals surface area (Å²) in [4.78, 5) is 21.0. The van der Waals surface area contributed by atoms with Crippen molar-refractivity contribution in [1.29, 1.82) is 0 Å². The molecule has 1 aliphatic rings. The number of carbonyl (C=O) groups excluding carboxylic acids is 1. The molecule has 7 nitrogen and oxygen atoms in total. The van der Waals surface area contributed by atoms with E-state index in [1.54, 1.807) is 48.2 Å². The first-order chi connectivity index (χ1) is 19.1. The Labute approximate surface area is 230 Å². The summed E-state index contributed by atoms with van der Waals surface area (Å²) in [7, 11) is -3.94. The van der Waals surface area contributed by atoms with Crippen LogP contribution in [0.2, 0.25) is 0 Å². The van der Waals surface area contributed by atoms with Crippen LogP contribution in [-0.4, -0.2) is 54.8 Å². The minimum Gasteiger partial charge on any atom is -0.333 e. The number of nitrogens with zero attached hydrogens (tertiary/aromatic N) is 3. The lowest BCUT2D eigenvalue weighted by Crippen LogP contribution is -2.54. The van der Waals surface area contributed by atoms with Crippen LogP contribution < -0.4 is 4.72 Å². The van der Waals surface area contributed by atoms with Gasteiger partial charge in [0, 0.05) is 60.1 Å². The number of benzene rings is 3. The molecule has 3 aromatic carbocycles. The fourth-order valence-corrected chi connectivity index (χ4v) is 6.34. The van der Waals surface area contributed by atoms with Crippen molar-refractivity contribution in [1.82, 2.24) is 14.8 Å². The summed E-state index contributed by atoms with van der Waals surface area (Å²) in [6.07, 6.45) is 1.53. The van der Waals surface area contributed by atoms with Crippen LogP contribution in [-0.2, 0) is 10.0 Å². The normalized spacial score (nSPS) is 17.1. The van der Waals surface area contributed by atoms with Gasteiger partial charge in [-0.15, -0.1) is 0 Å². The van der Waals surface area contributed by atoms with Gasteiger partial charge in [-0.1, -0.05) is 18.2 Å². The third kappa shape index (κ3) is 5.26. The molecule has 0 aliphatic carbocycles. The molecule has 1 amide bonds. The molecular weight excluding hydrogens is 541 g/mol. The van der Waals surface area contributed by atoms with Crippen molar-refractivity contribution < 1.29 is 26.4 Å². The number of fused-ring (bicyclic) bond motifs is 1. The van der Waals surface area contributed by atoms with Gasteiger partial charge < -0.3 is 4.90 Å². The van der Waals surface area contributed by atoms with Gasteiger partial charge in [0.1, 0.15) is 10.7 Å². The zero-order valence-electron chi connectivity index (χ0n) is 21.8. The van der Waals surface area contributed by atoms with Crippen molar-refractivity contribution in [3.63, 3.8) is 0 Å². The molecule has 40 heavy (non-hydrogen) atoms. The SMILES string of the molecule is CC(c1c(F)ccc(F)c1F)N1CCN(C(=O)c2ccc(NS(=O)(=O)c3cccc4cccnc34)cc2)[C@H](C)C1. The smallest absolute Gasteiger partial charge is 0.264 e. The number of nitrogens with one attached hydrogen (secondary N) is 1. The number of anilines is 1. The molecule has 1 N–H and O–H groups in total. The number of carbonyl (C=O) groups is 1. The number of sulfonamides is 1. The highest BCUT2D eigenvalue weighted by atomic mass is 32.2. The molecule has 2 heterocycles. The summed E-state index contributed by atoms with van der Waals surface area (Å²) < 4.78 is 71.1. The monoisotopic (exact) mass is 568 g/mol. The highest BCUT2D eigenvalue weighted by molar-refractivity contribution is 7.93. The van der Waals surface area contributed by atoms with Crippen molar-refractivity contribution in [2.24, 2.45) is 0 Å². The Balaban J connectivity index is 1.27. The van der Waals surface area contributed by atoms with Gasteiger partial charge in [-0.2, -0.15) is 0 Å². The second-order valence-electron chi connectivity index (χ2n) is 9.79. The largest absolute Gasteiger partial charge is 0.333 e. The molecule has 0 spiro atoms. The molecule has 4 aromatic rings. The van der Waals surface area contributed by atoms with Gasteiger partial charge in [-0.25, -0.2) is 21.6 Å². The third-order valence-electron chi connectivity index (χ3n) is 7.23. The van der Waals surface area contributed by atoms with Crippen LogP contribution in [0.5, 0.6) is 0 Å². The molecule has 208 valence electrons.